The topological polar surface area (TPSA) is 105 Å². The fraction of sp³-hybridized carbons (Fsp3) is 0.862. The highest BCUT2D eigenvalue weighted by molar-refractivity contribution is 7.47. The summed E-state index contributed by atoms with van der Waals surface area (Å²) < 4.78 is 23.7. The molecule has 3 N–H and O–H groups in total. The molecule has 3 unspecified atom stereocenters. The summed E-state index contributed by atoms with van der Waals surface area (Å²) in [7, 11) is 1.56. The van der Waals surface area contributed by atoms with Gasteiger partial charge in [-0.05, 0) is 64.2 Å². The number of hydrogen-bond donors (Lipinski definition) is 3. The Morgan fingerprint density at radius 3 is 1.16 bits per heavy atom. The predicted molar refractivity (Wildman–Crippen MR) is 323 cm³/mol. The molecule has 0 aliphatic rings. The fourth-order valence-corrected chi connectivity index (χ4v) is 10.2. The molecule has 0 aromatic heterocycles. The van der Waals surface area contributed by atoms with Crippen molar-refractivity contribution >= 4 is 13.7 Å². The lowest BCUT2D eigenvalue weighted by Crippen LogP contribution is -2.45. The number of carbonyl (C=O) groups excluding carboxylic acids is 1. The van der Waals surface area contributed by atoms with Crippen LogP contribution < -0.4 is 5.32 Å². The molecule has 0 aromatic carbocycles. The van der Waals surface area contributed by atoms with E-state index >= 15 is 0 Å². The third-order valence-electron chi connectivity index (χ3n) is 14.5. The van der Waals surface area contributed by atoms with Crippen LogP contribution in [0, 0.1) is 0 Å². The molecule has 0 aromatic rings. The minimum Gasteiger partial charge on any atom is -0.387 e. The Balaban J connectivity index is 3.98. The molecule has 1 amide bonds. The minimum absolute atomic E-state index is 0.0565. The molecule has 9 heteroatoms. The van der Waals surface area contributed by atoms with Gasteiger partial charge in [0.15, 0.2) is 0 Å². The molecular formula is C65H126N2O6P+. The molecule has 0 fully saturated rings. The lowest BCUT2D eigenvalue weighted by Gasteiger charge is -2.25. The van der Waals surface area contributed by atoms with Crippen LogP contribution in [0.2, 0.25) is 0 Å². The van der Waals surface area contributed by atoms with E-state index in [0.29, 0.717) is 17.4 Å². The molecule has 436 valence electrons. The van der Waals surface area contributed by atoms with E-state index in [2.05, 4.69) is 55.6 Å². The third-order valence-corrected chi connectivity index (χ3v) is 15.5. The van der Waals surface area contributed by atoms with Crippen LogP contribution in [0.5, 0.6) is 0 Å². The Hall–Kier alpha value is -1.54. The van der Waals surface area contributed by atoms with Gasteiger partial charge in [0.25, 0.3) is 0 Å². The zero-order valence-electron chi connectivity index (χ0n) is 49.8. The second-order valence-electron chi connectivity index (χ2n) is 23.1. The number of quaternary nitrogens is 1. The monoisotopic (exact) mass is 1060 g/mol. The van der Waals surface area contributed by atoms with Gasteiger partial charge in [0.1, 0.15) is 13.2 Å². The Morgan fingerprint density at radius 1 is 0.459 bits per heavy atom. The Morgan fingerprint density at radius 2 is 0.784 bits per heavy atom. The summed E-state index contributed by atoms with van der Waals surface area (Å²) in [6, 6.07) is -0.863. The van der Waals surface area contributed by atoms with Gasteiger partial charge < -0.3 is 19.8 Å². The van der Waals surface area contributed by atoms with Crippen LogP contribution in [0.15, 0.2) is 48.6 Å². The zero-order valence-corrected chi connectivity index (χ0v) is 50.7. The van der Waals surface area contributed by atoms with Crippen LogP contribution >= 0.6 is 7.82 Å². The first-order chi connectivity index (χ1) is 36.0. The van der Waals surface area contributed by atoms with Crippen LogP contribution in [0.4, 0.5) is 0 Å². The Bertz CT molecular complexity index is 1340. The summed E-state index contributed by atoms with van der Waals surface area (Å²) >= 11 is 0. The number of phosphoric ester groups is 1. The van der Waals surface area contributed by atoms with Crippen LogP contribution in [0.3, 0.4) is 0 Å². The summed E-state index contributed by atoms with van der Waals surface area (Å²) in [6.45, 7) is 4.82. The van der Waals surface area contributed by atoms with Crippen LogP contribution in [0.25, 0.3) is 0 Å². The quantitative estimate of drug-likeness (QED) is 0.0243. The SMILES string of the molecule is CCCCCCCCCCC/C=C/CC/C=C/C(O)C(COP(=O)(O)OCC[N+](C)(C)C)NC(=O)CCCCCCCCCCCCCCCCCCC/C=C\C/C=C\CCCCCCCCCCCCCCC. The molecule has 0 heterocycles. The van der Waals surface area contributed by atoms with E-state index in [1.54, 1.807) is 6.08 Å². The highest BCUT2D eigenvalue weighted by Crippen LogP contribution is 2.43. The molecule has 0 saturated carbocycles. The highest BCUT2D eigenvalue weighted by Gasteiger charge is 2.27. The van der Waals surface area contributed by atoms with Crippen LogP contribution in [0.1, 0.15) is 309 Å². The van der Waals surface area contributed by atoms with Crippen molar-refractivity contribution in [2.75, 3.05) is 40.9 Å². The molecule has 3 atom stereocenters. The van der Waals surface area contributed by atoms with E-state index in [9.17, 15) is 19.4 Å². The van der Waals surface area contributed by atoms with Gasteiger partial charge in [-0.15, -0.1) is 0 Å². The van der Waals surface area contributed by atoms with Gasteiger partial charge >= 0.3 is 7.82 Å². The van der Waals surface area contributed by atoms with Crippen LogP contribution in [-0.2, 0) is 18.4 Å². The van der Waals surface area contributed by atoms with Gasteiger partial charge in [0, 0.05) is 6.42 Å². The predicted octanol–water partition coefficient (Wildman–Crippen LogP) is 19.9. The zero-order chi connectivity index (χ0) is 54.2. The second-order valence-corrected chi connectivity index (χ2v) is 24.6. The average molecular weight is 1060 g/mol. The normalized spacial score (nSPS) is 14.1. The van der Waals surface area contributed by atoms with Crippen molar-refractivity contribution in [2.24, 2.45) is 0 Å². The van der Waals surface area contributed by atoms with Crippen molar-refractivity contribution in [2.45, 2.75) is 321 Å². The van der Waals surface area contributed by atoms with E-state index in [1.807, 2.05) is 27.2 Å². The molecule has 74 heavy (non-hydrogen) atoms. The standard InChI is InChI=1S/C65H125N2O6P/c1-6-8-10-12-14-16-18-20-22-23-24-25-26-27-28-29-30-31-32-33-34-35-36-37-38-39-40-41-42-43-45-47-49-51-53-55-57-59-65(69)66-63(62-73-74(70,71)72-61-60-67(3,4)5)64(68)58-56-54-52-50-48-46-44-21-19-17-15-13-11-9-7-2/h28-29,31-32,48,50,56,58,63-64,68H,6-27,30,33-47,49,51-55,57,59-62H2,1-5H3,(H-,66,69,70,71)/p+1/b29-28-,32-31-,50-48+,58-56+. The first kappa shape index (κ1) is 72.5. The molecule has 0 aliphatic carbocycles. The van der Waals surface area contributed by atoms with Crippen molar-refractivity contribution in [1.82, 2.24) is 5.32 Å². The maximum atomic E-state index is 13.0. The first-order valence-corrected chi connectivity index (χ1v) is 33.5. The number of rotatable bonds is 59. The van der Waals surface area contributed by atoms with E-state index in [1.165, 1.54) is 244 Å². The van der Waals surface area contributed by atoms with Crippen molar-refractivity contribution < 1.29 is 32.9 Å². The van der Waals surface area contributed by atoms with Gasteiger partial charge in [0.05, 0.1) is 39.9 Å². The molecular weight excluding hydrogens is 936 g/mol. The number of aliphatic hydroxyl groups excluding tert-OH is 1. The van der Waals surface area contributed by atoms with Gasteiger partial charge in [-0.2, -0.15) is 0 Å². The minimum atomic E-state index is -4.35. The average Bonchev–Trinajstić information content (AvgIpc) is 3.36. The van der Waals surface area contributed by atoms with Crippen molar-refractivity contribution in [3.05, 3.63) is 48.6 Å². The molecule has 8 nitrogen and oxygen atoms in total. The summed E-state index contributed by atoms with van der Waals surface area (Å²) in [5.74, 6) is -0.184. The second kappa shape index (κ2) is 56.2. The smallest absolute Gasteiger partial charge is 0.387 e. The maximum absolute atomic E-state index is 13.0. The molecule has 0 rings (SSSR count). The largest absolute Gasteiger partial charge is 0.472 e. The van der Waals surface area contributed by atoms with E-state index in [4.69, 9.17) is 9.05 Å². The third kappa shape index (κ3) is 58.1. The van der Waals surface area contributed by atoms with E-state index in [-0.39, 0.29) is 19.1 Å². The Labute approximate surface area is 460 Å². The Kier molecular flexibility index (Phi) is 55.0. The van der Waals surface area contributed by atoms with Gasteiger partial charge in [0.2, 0.25) is 5.91 Å². The van der Waals surface area contributed by atoms with Crippen molar-refractivity contribution in [3.8, 4) is 0 Å². The number of aliphatic hydroxyl groups is 1. The number of unbranched alkanes of at least 4 members (excludes halogenated alkanes) is 40. The maximum Gasteiger partial charge on any atom is 0.472 e. The number of nitrogens with one attached hydrogen (secondary N) is 1. The summed E-state index contributed by atoms with van der Waals surface area (Å²) in [5.41, 5.74) is 0. The van der Waals surface area contributed by atoms with Gasteiger partial charge in [-0.25, -0.2) is 4.57 Å². The molecule has 0 radical (unpaired) electrons. The summed E-state index contributed by atoms with van der Waals surface area (Å²) in [5, 5.41) is 13.9. The number of phosphoric acid groups is 1. The number of allylic oxidation sites excluding steroid dienone is 7. The lowest BCUT2D eigenvalue weighted by molar-refractivity contribution is -0.870. The number of carbonyl (C=O) groups is 1. The molecule has 0 bridgehead atoms. The van der Waals surface area contributed by atoms with E-state index < -0.39 is 20.0 Å². The first-order valence-electron chi connectivity index (χ1n) is 32.0. The highest BCUT2D eigenvalue weighted by atomic mass is 31.2. The molecule has 0 spiro atoms. The molecule has 0 aliphatic heterocycles. The van der Waals surface area contributed by atoms with Gasteiger partial charge in [-0.1, -0.05) is 287 Å². The number of nitrogens with zero attached hydrogens (tertiary/aromatic N) is 1. The lowest BCUT2D eigenvalue weighted by atomic mass is 10.0. The number of amides is 1. The fourth-order valence-electron chi connectivity index (χ4n) is 9.50. The van der Waals surface area contributed by atoms with Crippen molar-refractivity contribution in [1.29, 1.82) is 0 Å². The van der Waals surface area contributed by atoms with Crippen LogP contribution in [-0.4, -0.2) is 73.4 Å². The number of hydrogen-bond acceptors (Lipinski definition) is 5. The number of likely N-dealkylation sites (N-methyl/N-ethyl adjacent to an activating group) is 1. The van der Waals surface area contributed by atoms with Gasteiger partial charge in [-0.3, -0.25) is 13.8 Å². The molecule has 0 saturated heterocycles. The summed E-state index contributed by atoms with van der Waals surface area (Å²) in [6.07, 6.45) is 75.4. The van der Waals surface area contributed by atoms with E-state index in [0.717, 1.165) is 44.9 Å². The van der Waals surface area contributed by atoms with Crippen molar-refractivity contribution in [3.63, 3.8) is 0 Å². The summed E-state index contributed by atoms with van der Waals surface area (Å²) in [4.78, 5) is 23.3.